The molecule has 182 valence electrons. The van der Waals surface area contributed by atoms with Crippen LogP contribution in [0.1, 0.15) is 58.3 Å². The molecule has 0 bridgehead atoms. The zero-order valence-electron chi connectivity index (χ0n) is 19.8. The second-order valence-corrected chi connectivity index (χ2v) is 9.62. The first-order valence-electron chi connectivity index (χ1n) is 11.6. The van der Waals surface area contributed by atoms with Crippen molar-refractivity contribution in [3.8, 4) is 11.5 Å². The molecule has 0 saturated heterocycles. The van der Waals surface area contributed by atoms with E-state index in [-0.39, 0.29) is 11.8 Å². The maximum Gasteiger partial charge on any atom is 0.317 e. The number of fused-ring (bicyclic) bond motifs is 1. The lowest BCUT2D eigenvalue weighted by Crippen LogP contribution is -2.53. The fourth-order valence-electron chi connectivity index (χ4n) is 4.25. The van der Waals surface area contributed by atoms with Gasteiger partial charge in [0.15, 0.2) is 17.5 Å². The number of hydrogen-bond donors (Lipinski definition) is 2. The van der Waals surface area contributed by atoms with Crippen molar-refractivity contribution in [3.63, 3.8) is 0 Å². The number of ether oxygens (including phenoxy) is 2. The van der Waals surface area contributed by atoms with Gasteiger partial charge >= 0.3 is 11.8 Å². The normalized spacial score (nSPS) is 16.6. The van der Waals surface area contributed by atoms with Crippen LogP contribution in [0, 0.1) is 0 Å². The Morgan fingerprint density at radius 3 is 2.38 bits per heavy atom. The van der Waals surface area contributed by atoms with E-state index in [4.69, 9.17) is 13.9 Å². The summed E-state index contributed by atoms with van der Waals surface area (Å²) in [6.45, 7) is 6.30. The van der Waals surface area contributed by atoms with Crippen molar-refractivity contribution in [1.29, 1.82) is 0 Å². The third kappa shape index (κ3) is 5.35. The van der Waals surface area contributed by atoms with Gasteiger partial charge in [-0.2, -0.15) is 0 Å². The van der Waals surface area contributed by atoms with E-state index in [0.717, 1.165) is 25.7 Å². The van der Waals surface area contributed by atoms with Crippen molar-refractivity contribution in [3.05, 3.63) is 42.4 Å². The summed E-state index contributed by atoms with van der Waals surface area (Å²) in [7, 11) is 0. The van der Waals surface area contributed by atoms with E-state index in [1.165, 1.54) is 11.2 Å². The van der Waals surface area contributed by atoms with E-state index >= 15 is 0 Å². The number of hydrogen-bond acceptors (Lipinski definition) is 6. The average Bonchev–Trinajstić information content (AvgIpc) is 3.50. The Hall–Kier alpha value is -3.49. The van der Waals surface area contributed by atoms with Crippen molar-refractivity contribution < 1.29 is 28.3 Å². The van der Waals surface area contributed by atoms with Crippen LogP contribution in [0.25, 0.3) is 0 Å². The van der Waals surface area contributed by atoms with E-state index in [9.17, 15) is 14.4 Å². The third-order valence-electron chi connectivity index (χ3n) is 5.72. The molecule has 4 rings (SSSR count). The topological polar surface area (TPSA) is 110 Å². The molecule has 1 aromatic heterocycles. The highest BCUT2D eigenvalue weighted by Gasteiger charge is 2.39. The van der Waals surface area contributed by atoms with Gasteiger partial charge in [0.25, 0.3) is 5.91 Å². The van der Waals surface area contributed by atoms with Gasteiger partial charge in [-0.05, 0) is 57.9 Å². The lowest BCUT2D eigenvalue weighted by Gasteiger charge is -2.32. The monoisotopic (exact) mass is 469 g/mol. The van der Waals surface area contributed by atoms with Crippen molar-refractivity contribution >= 4 is 23.4 Å². The van der Waals surface area contributed by atoms with Crippen LogP contribution < -0.4 is 25.0 Å². The number of carbonyl (C=O) groups is 3. The molecule has 1 aromatic carbocycles. The minimum Gasteiger partial charge on any atom is -0.486 e. The molecule has 2 aliphatic rings. The maximum absolute atomic E-state index is 13.6. The Bertz CT molecular complexity index is 1040. The van der Waals surface area contributed by atoms with Crippen LogP contribution in [0.4, 0.5) is 5.69 Å². The smallest absolute Gasteiger partial charge is 0.317 e. The van der Waals surface area contributed by atoms with Gasteiger partial charge in [0.05, 0.1) is 6.26 Å². The van der Waals surface area contributed by atoms with Crippen LogP contribution in [-0.4, -0.2) is 42.5 Å². The van der Waals surface area contributed by atoms with Crippen molar-refractivity contribution in [1.82, 2.24) is 10.6 Å². The fourth-order valence-corrected chi connectivity index (χ4v) is 4.25. The Kier molecular flexibility index (Phi) is 6.81. The first kappa shape index (κ1) is 23.7. The molecule has 3 amide bonds. The first-order valence-corrected chi connectivity index (χ1v) is 11.6. The minimum atomic E-state index is -1.21. The van der Waals surface area contributed by atoms with Crippen LogP contribution in [0.5, 0.6) is 11.5 Å². The molecule has 9 heteroatoms. The number of carbonyl (C=O) groups excluding carboxylic acids is 3. The molecular weight excluding hydrogens is 438 g/mol. The second kappa shape index (κ2) is 9.79. The highest BCUT2D eigenvalue weighted by molar-refractivity contribution is 6.41. The second-order valence-electron chi connectivity index (χ2n) is 9.62. The standard InChI is InChI=1S/C25H31N3O6/c1-25(2,3)27-22(29)21(19-9-6-12-32-19)28(24(31)23(30)26-16-7-4-5-8-16)17-10-11-18-20(15-17)34-14-13-33-18/h6,9-12,15-16,21H,4-5,7-8,13-14H2,1-3H3,(H,26,30)(H,27,29)/t21-/m1/s1. The van der Waals surface area contributed by atoms with Gasteiger partial charge in [-0.1, -0.05) is 12.8 Å². The highest BCUT2D eigenvalue weighted by Crippen LogP contribution is 2.37. The molecule has 34 heavy (non-hydrogen) atoms. The zero-order chi connectivity index (χ0) is 24.3. The molecule has 2 aromatic rings. The lowest BCUT2D eigenvalue weighted by atomic mass is 10.1. The number of rotatable bonds is 5. The van der Waals surface area contributed by atoms with Gasteiger partial charge in [0.1, 0.15) is 19.0 Å². The van der Waals surface area contributed by atoms with E-state index in [0.29, 0.717) is 30.4 Å². The molecular formula is C25H31N3O6. The van der Waals surface area contributed by atoms with Gasteiger partial charge < -0.3 is 24.5 Å². The number of furan rings is 1. The SMILES string of the molecule is CC(C)(C)NC(=O)[C@@H](c1ccco1)N(C(=O)C(=O)NC1CCCC1)c1ccc2c(c1)OCCO2. The molecule has 1 aliphatic carbocycles. The Morgan fingerprint density at radius 1 is 1.03 bits per heavy atom. The summed E-state index contributed by atoms with van der Waals surface area (Å²) in [5, 5.41) is 5.74. The van der Waals surface area contributed by atoms with Gasteiger partial charge in [-0.25, -0.2) is 0 Å². The van der Waals surface area contributed by atoms with Crippen LogP contribution in [0.2, 0.25) is 0 Å². The van der Waals surface area contributed by atoms with Gasteiger partial charge in [0.2, 0.25) is 0 Å². The molecule has 2 N–H and O–H groups in total. The van der Waals surface area contributed by atoms with Crippen LogP contribution in [0.15, 0.2) is 41.0 Å². The number of anilines is 1. The minimum absolute atomic E-state index is 0.0518. The fraction of sp³-hybridized carbons (Fsp3) is 0.480. The quantitative estimate of drug-likeness (QED) is 0.651. The molecule has 1 aliphatic heterocycles. The van der Waals surface area contributed by atoms with Crippen LogP contribution in [0.3, 0.4) is 0 Å². The van der Waals surface area contributed by atoms with Crippen LogP contribution in [-0.2, 0) is 14.4 Å². The van der Waals surface area contributed by atoms with Crippen LogP contribution >= 0.6 is 0 Å². The molecule has 0 spiro atoms. The third-order valence-corrected chi connectivity index (χ3v) is 5.72. The largest absolute Gasteiger partial charge is 0.486 e. The van der Waals surface area contributed by atoms with Gasteiger partial charge in [-0.3, -0.25) is 19.3 Å². The van der Waals surface area contributed by atoms with E-state index in [2.05, 4.69) is 10.6 Å². The lowest BCUT2D eigenvalue weighted by molar-refractivity contribution is -0.139. The van der Waals surface area contributed by atoms with Crippen molar-refractivity contribution in [2.45, 2.75) is 64.1 Å². The summed E-state index contributed by atoms with van der Waals surface area (Å²) >= 11 is 0. The summed E-state index contributed by atoms with van der Waals surface area (Å²) in [5.41, 5.74) is -0.253. The Balaban J connectivity index is 1.75. The molecule has 0 radical (unpaired) electrons. The van der Waals surface area contributed by atoms with Crippen molar-refractivity contribution in [2.75, 3.05) is 18.1 Å². The summed E-state index contributed by atoms with van der Waals surface area (Å²) in [6, 6.07) is 6.89. The predicted molar refractivity (Wildman–Crippen MR) is 125 cm³/mol. The summed E-state index contributed by atoms with van der Waals surface area (Å²) < 4.78 is 16.8. The van der Waals surface area contributed by atoms with E-state index in [1.54, 1.807) is 30.3 Å². The molecule has 2 heterocycles. The van der Waals surface area contributed by atoms with Crippen molar-refractivity contribution in [2.24, 2.45) is 0 Å². The molecule has 1 fully saturated rings. The number of amides is 3. The van der Waals surface area contributed by atoms with Gasteiger partial charge in [0, 0.05) is 23.3 Å². The zero-order valence-corrected chi connectivity index (χ0v) is 19.8. The predicted octanol–water partition coefficient (Wildman–Crippen LogP) is 3.10. The molecule has 1 saturated carbocycles. The summed E-state index contributed by atoms with van der Waals surface area (Å²) in [6.07, 6.45) is 5.10. The summed E-state index contributed by atoms with van der Waals surface area (Å²) in [5.74, 6) is -0.882. The maximum atomic E-state index is 13.6. The number of nitrogens with one attached hydrogen (secondary N) is 2. The average molecular weight is 470 g/mol. The number of nitrogens with zero attached hydrogens (tertiary/aromatic N) is 1. The Labute approximate surface area is 198 Å². The Morgan fingerprint density at radius 2 is 1.74 bits per heavy atom. The first-order chi connectivity index (χ1) is 16.2. The van der Waals surface area contributed by atoms with Gasteiger partial charge in [-0.15, -0.1) is 0 Å². The molecule has 9 nitrogen and oxygen atoms in total. The molecule has 1 atom stereocenters. The highest BCUT2D eigenvalue weighted by atomic mass is 16.6. The van der Waals surface area contributed by atoms with E-state index in [1.807, 2.05) is 20.8 Å². The van der Waals surface area contributed by atoms with E-state index < -0.39 is 29.3 Å². The summed E-state index contributed by atoms with van der Waals surface area (Å²) in [4.78, 5) is 41.3. The number of benzene rings is 1. The molecule has 0 unspecified atom stereocenters.